The molecule has 6 rings (SSSR count). The summed E-state index contributed by atoms with van der Waals surface area (Å²) in [5, 5.41) is 7.66. The minimum atomic E-state index is -0.602. The van der Waals surface area contributed by atoms with E-state index in [1.807, 2.05) is 30.3 Å². The van der Waals surface area contributed by atoms with Crippen molar-refractivity contribution in [1.29, 1.82) is 0 Å². The molecule has 3 aromatic carbocycles. The van der Waals surface area contributed by atoms with Crippen molar-refractivity contribution >= 4 is 34.8 Å². The van der Waals surface area contributed by atoms with E-state index in [0.29, 0.717) is 41.4 Å². The summed E-state index contributed by atoms with van der Waals surface area (Å²) >= 11 is 6.24. The smallest absolute Gasteiger partial charge is 0.269 e. The van der Waals surface area contributed by atoms with E-state index in [4.69, 9.17) is 32.5 Å². The standard InChI is InChI=1S/C26H20ClN5O4/c27-22-16(2-1-3-19(22)28)26(34)30-14-6-4-13-5-8-17-23(25(29)33)31-32(24(17)18(13)10-14)15-7-9-20-21(11-15)36-12-35-20/h1-4,6-7,9-11H,5,8,12,28H2,(H2,29,33)(H,30,34). The first-order valence-electron chi connectivity index (χ1n) is 11.2. The van der Waals surface area contributed by atoms with E-state index in [0.717, 1.165) is 22.4 Å². The average Bonchev–Trinajstić information content (AvgIpc) is 3.50. The summed E-state index contributed by atoms with van der Waals surface area (Å²) in [6, 6.07) is 16.0. The van der Waals surface area contributed by atoms with Crippen molar-refractivity contribution in [3.8, 4) is 28.4 Å². The third-order valence-corrected chi connectivity index (χ3v) is 6.78. The first-order valence-corrected chi connectivity index (χ1v) is 11.6. The number of halogens is 1. The van der Waals surface area contributed by atoms with Gasteiger partial charge in [0.2, 0.25) is 6.79 Å². The van der Waals surface area contributed by atoms with Gasteiger partial charge in [-0.2, -0.15) is 5.10 Å². The van der Waals surface area contributed by atoms with Gasteiger partial charge in [0.15, 0.2) is 17.2 Å². The quantitative estimate of drug-likeness (QED) is 0.362. The molecule has 36 heavy (non-hydrogen) atoms. The summed E-state index contributed by atoms with van der Waals surface area (Å²) < 4.78 is 12.6. The molecule has 180 valence electrons. The van der Waals surface area contributed by atoms with Crippen molar-refractivity contribution in [2.24, 2.45) is 5.73 Å². The fourth-order valence-electron chi connectivity index (χ4n) is 4.64. The Kier molecular flexibility index (Phi) is 5.08. The number of primary amides is 1. The van der Waals surface area contributed by atoms with Crippen molar-refractivity contribution < 1.29 is 19.1 Å². The van der Waals surface area contributed by atoms with Crippen molar-refractivity contribution in [3.05, 3.63) is 82.0 Å². The van der Waals surface area contributed by atoms with Crippen LogP contribution in [0.25, 0.3) is 16.9 Å². The number of hydrogen-bond acceptors (Lipinski definition) is 6. The van der Waals surface area contributed by atoms with Crippen LogP contribution in [0.4, 0.5) is 11.4 Å². The lowest BCUT2D eigenvalue weighted by Gasteiger charge is -2.20. The van der Waals surface area contributed by atoms with Gasteiger partial charge in [-0.15, -0.1) is 0 Å². The molecule has 2 heterocycles. The number of nitrogens with one attached hydrogen (secondary N) is 1. The lowest BCUT2D eigenvalue weighted by atomic mass is 9.88. The molecule has 0 spiro atoms. The van der Waals surface area contributed by atoms with Crippen LogP contribution in [0, 0.1) is 0 Å². The number of anilines is 2. The lowest BCUT2D eigenvalue weighted by molar-refractivity contribution is 0.0992. The van der Waals surface area contributed by atoms with Crippen LogP contribution in [0.15, 0.2) is 54.6 Å². The third kappa shape index (κ3) is 3.52. The summed E-state index contributed by atoms with van der Waals surface area (Å²) in [5.41, 5.74) is 17.0. The number of hydrogen-bond donors (Lipinski definition) is 3. The predicted molar refractivity (Wildman–Crippen MR) is 135 cm³/mol. The molecule has 4 aromatic rings. The maximum Gasteiger partial charge on any atom is 0.269 e. The summed E-state index contributed by atoms with van der Waals surface area (Å²) in [5.74, 6) is 0.245. The van der Waals surface area contributed by atoms with E-state index in [1.54, 1.807) is 28.9 Å². The van der Waals surface area contributed by atoms with Crippen LogP contribution >= 0.6 is 11.6 Å². The lowest BCUT2D eigenvalue weighted by Crippen LogP contribution is -2.16. The van der Waals surface area contributed by atoms with Gasteiger partial charge in [0.25, 0.3) is 11.8 Å². The summed E-state index contributed by atoms with van der Waals surface area (Å²) in [6.07, 6.45) is 1.31. The highest BCUT2D eigenvalue weighted by atomic mass is 35.5. The van der Waals surface area contributed by atoms with Gasteiger partial charge >= 0.3 is 0 Å². The zero-order valence-corrected chi connectivity index (χ0v) is 19.6. The van der Waals surface area contributed by atoms with Crippen LogP contribution in [0.5, 0.6) is 11.5 Å². The van der Waals surface area contributed by atoms with Gasteiger partial charge in [-0.25, -0.2) is 4.68 Å². The largest absolute Gasteiger partial charge is 0.454 e. The highest BCUT2D eigenvalue weighted by Crippen LogP contribution is 2.40. The highest BCUT2D eigenvalue weighted by molar-refractivity contribution is 6.36. The minimum absolute atomic E-state index is 0.144. The number of rotatable bonds is 4. The molecular formula is C26H20ClN5O4. The fourth-order valence-corrected chi connectivity index (χ4v) is 4.85. The summed E-state index contributed by atoms with van der Waals surface area (Å²) in [7, 11) is 0. The van der Waals surface area contributed by atoms with Crippen LogP contribution < -0.4 is 26.3 Å². The van der Waals surface area contributed by atoms with Gasteiger partial charge in [-0.1, -0.05) is 23.7 Å². The van der Waals surface area contributed by atoms with Crippen LogP contribution in [0.1, 0.15) is 32.0 Å². The maximum absolute atomic E-state index is 12.9. The van der Waals surface area contributed by atoms with E-state index in [-0.39, 0.29) is 29.0 Å². The molecule has 10 heteroatoms. The van der Waals surface area contributed by atoms with E-state index >= 15 is 0 Å². The molecule has 0 saturated heterocycles. The summed E-state index contributed by atoms with van der Waals surface area (Å²) in [4.78, 5) is 25.2. The van der Waals surface area contributed by atoms with Gasteiger partial charge in [0.05, 0.1) is 27.7 Å². The Balaban J connectivity index is 1.45. The monoisotopic (exact) mass is 501 g/mol. The molecule has 0 fully saturated rings. The van der Waals surface area contributed by atoms with Gasteiger partial charge in [-0.05, 0) is 54.8 Å². The number of benzene rings is 3. The molecule has 0 saturated carbocycles. The first kappa shape index (κ1) is 22.0. The number of aryl methyl sites for hydroxylation is 1. The van der Waals surface area contributed by atoms with Gasteiger partial charge < -0.3 is 26.3 Å². The zero-order chi connectivity index (χ0) is 25.0. The molecule has 1 aromatic heterocycles. The number of carbonyl (C=O) groups excluding carboxylic acids is 2. The molecule has 1 aliphatic carbocycles. The zero-order valence-electron chi connectivity index (χ0n) is 18.9. The normalized spacial score (nSPS) is 13.1. The number of carbonyl (C=O) groups is 2. The fraction of sp³-hybridized carbons (Fsp3) is 0.115. The van der Waals surface area contributed by atoms with Crippen molar-refractivity contribution in [1.82, 2.24) is 9.78 Å². The highest BCUT2D eigenvalue weighted by Gasteiger charge is 2.29. The minimum Gasteiger partial charge on any atom is -0.454 e. The SMILES string of the molecule is NC(=O)c1nn(-c2ccc3c(c2)OCO3)c2c1CCc1ccc(NC(=O)c3cccc(N)c3Cl)cc1-2. The maximum atomic E-state index is 12.9. The second-order valence-electron chi connectivity index (χ2n) is 8.52. The van der Waals surface area contributed by atoms with Crippen molar-refractivity contribution in [3.63, 3.8) is 0 Å². The van der Waals surface area contributed by atoms with E-state index in [2.05, 4.69) is 10.4 Å². The van der Waals surface area contributed by atoms with E-state index in [1.165, 1.54) is 0 Å². The van der Waals surface area contributed by atoms with Gasteiger partial charge in [0.1, 0.15) is 0 Å². The Morgan fingerprint density at radius 2 is 1.86 bits per heavy atom. The molecule has 5 N–H and O–H groups in total. The Hall–Kier alpha value is -4.50. The average molecular weight is 502 g/mol. The predicted octanol–water partition coefficient (Wildman–Crippen LogP) is 3.95. The Bertz CT molecular complexity index is 1580. The molecule has 2 amide bonds. The Labute approximate surface area is 210 Å². The molecule has 0 atom stereocenters. The number of nitrogens with zero attached hydrogens (tertiary/aromatic N) is 2. The second kappa shape index (κ2) is 8.31. The van der Waals surface area contributed by atoms with Crippen LogP contribution in [0.2, 0.25) is 5.02 Å². The van der Waals surface area contributed by atoms with Crippen LogP contribution in [-0.4, -0.2) is 28.4 Å². The molecule has 9 nitrogen and oxygen atoms in total. The number of fused-ring (bicyclic) bond motifs is 4. The van der Waals surface area contributed by atoms with E-state index < -0.39 is 5.91 Å². The topological polar surface area (TPSA) is 134 Å². The summed E-state index contributed by atoms with van der Waals surface area (Å²) in [6.45, 7) is 0.144. The van der Waals surface area contributed by atoms with Gasteiger partial charge in [0, 0.05) is 22.9 Å². The molecule has 1 aliphatic heterocycles. The van der Waals surface area contributed by atoms with Crippen LogP contribution in [-0.2, 0) is 12.8 Å². The third-order valence-electron chi connectivity index (χ3n) is 6.36. The van der Waals surface area contributed by atoms with Crippen molar-refractivity contribution in [2.45, 2.75) is 12.8 Å². The molecule has 0 bridgehead atoms. The van der Waals surface area contributed by atoms with Gasteiger partial charge in [-0.3, -0.25) is 9.59 Å². The van der Waals surface area contributed by atoms with Crippen LogP contribution in [0.3, 0.4) is 0 Å². The number of nitrogen functional groups attached to an aromatic ring is 1. The molecule has 2 aliphatic rings. The number of nitrogens with two attached hydrogens (primary N) is 2. The number of ether oxygens (including phenoxy) is 2. The van der Waals surface area contributed by atoms with Crippen molar-refractivity contribution in [2.75, 3.05) is 17.8 Å². The second-order valence-corrected chi connectivity index (χ2v) is 8.90. The molecule has 0 radical (unpaired) electrons. The Morgan fingerprint density at radius 1 is 1.03 bits per heavy atom. The molecule has 0 unspecified atom stereocenters. The first-order chi connectivity index (χ1) is 17.4. The number of amides is 2. The van der Waals surface area contributed by atoms with E-state index in [9.17, 15) is 9.59 Å². The Morgan fingerprint density at radius 3 is 2.69 bits per heavy atom. The molecular weight excluding hydrogens is 482 g/mol. The number of aromatic nitrogens is 2.